The van der Waals surface area contributed by atoms with E-state index in [4.69, 9.17) is 9.84 Å². The quantitative estimate of drug-likeness (QED) is 0.899. The van der Waals surface area contributed by atoms with E-state index in [0.717, 1.165) is 0 Å². The lowest BCUT2D eigenvalue weighted by atomic mass is 9.98. The van der Waals surface area contributed by atoms with Crippen LogP contribution in [0.15, 0.2) is 24.3 Å². The average molecular weight is 309 g/mol. The van der Waals surface area contributed by atoms with Crippen LogP contribution in [0.3, 0.4) is 0 Å². The summed E-state index contributed by atoms with van der Waals surface area (Å²) in [4.78, 5) is 25.0. The predicted molar refractivity (Wildman–Crippen MR) is 77.8 cm³/mol. The van der Waals surface area contributed by atoms with Crippen molar-refractivity contribution in [3.05, 3.63) is 35.6 Å². The Morgan fingerprint density at radius 3 is 2.86 bits per heavy atom. The normalized spacial score (nSPS) is 19.7. The Morgan fingerprint density at radius 2 is 2.18 bits per heavy atom. The molecule has 0 aliphatic carbocycles. The van der Waals surface area contributed by atoms with E-state index in [-0.39, 0.29) is 30.8 Å². The number of carboxylic acids is 1. The van der Waals surface area contributed by atoms with E-state index >= 15 is 0 Å². The zero-order valence-electron chi connectivity index (χ0n) is 12.5. The van der Waals surface area contributed by atoms with Crippen LogP contribution in [-0.2, 0) is 20.7 Å². The second-order valence-corrected chi connectivity index (χ2v) is 5.49. The molecule has 2 rings (SSSR count). The molecule has 0 bridgehead atoms. The zero-order valence-corrected chi connectivity index (χ0v) is 12.5. The molecule has 1 heterocycles. The van der Waals surface area contributed by atoms with Gasteiger partial charge in [-0.15, -0.1) is 0 Å². The molecule has 1 amide bonds. The molecule has 1 aromatic carbocycles. The number of benzene rings is 1. The van der Waals surface area contributed by atoms with Gasteiger partial charge in [0.1, 0.15) is 5.82 Å². The molecule has 5 nitrogen and oxygen atoms in total. The molecule has 0 radical (unpaired) electrons. The van der Waals surface area contributed by atoms with Crippen molar-refractivity contribution >= 4 is 11.9 Å². The lowest BCUT2D eigenvalue weighted by molar-refractivity contribution is -0.160. The first-order valence-electron chi connectivity index (χ1n) is 7.35. The summed E-state index contributed by atoms with van der Waals surface area (Å²) in [6.45, 7) is 2.38. The Hall–Kier alpha value is -1.95. The highest BCUT2D eigenvalue weighted by molar-refractivity contribution is 5.85. The van der Waals surface area contributed by atoms with Crippen molar-refractivity contribution in [1.29, 1.82) is 0 Å². The number of carbonyl (C=O) groups excluding carboxylic acids is 1. The summed E-state index contributed by atoms with van der Waals surface area (Å²) in [5, 5.41) is 9.16. The van der Waals surface area contributed by atoms with E-state index in [0.29, 0.717) is 25.0 Å². The zero-order chi connectivity index (χ0) is 16.1. The molecule has 1 aromatic rings. The van der Waals surface area contributed by atoms with Crippen LogP contribution >= 0.6 is 0 Å². The maximum absolute atomic E-state index is 13.6. The minimum Gasteiger partial charge on any atom is -0.480 e. The highest BCUT2D eigenvalue weighted by Gasteiger charge is 2.34. The van der Waals surface area contributed by atoms with E-state index in [2.05, 4.69) is 0 Å². The molecule has 1 fully saturated rings. The standard InChI is InChI=1S/C16H20FNO4/c1-11(6-7-12-4-2-3-5-13(12)17)15(19)18-8-9-22-10-14(18)16(20)21/h2-5,11,14H,6-10H2,1H3,(H,20,21)/t11-,14+/m1/s1. The van der Waals surface area contributed by atoms with Gasteiger partial charge in [0.15, 0.2) is 6.04 Å². The number of carboxylic acid groups (broad SMARTS) is 1. The van der Waals surface area contributed by atoms with Gasteiger partial charge < -0.3 is 14.7 Å². The van der Waals surface area contributed by atoms with Crippen LogP contribution in [-0.4, -0.2) is 47.7 Å². The van der Waals surface area contributed by atoms with Crippen LogP contribution in [0.1, 0.15) is 18.9 Å². The summed E-state index contributed by atoms with van der Waals surface area (Å²) in [7, 11) is 0. The molecule has 1 aliphatic rings. The molecule has 0 aromatic heterocycles. The third kappa shape index (κ3) is 3.82. The van der Waals surface area contributed by atoms with Crippen molar-refractivity contribution in [2.75, 3.05) is 19.8 Å². The van der Waals surface area contributed by atoms with Gasteiger partial charge in [-0.05, 0) is 24.5 Å². The minimum atomic E-state index is -1.06. The molecule has 22 heavy (non-hydrogen) atoms. The molecule has 2 atom stereocenters. The van der Waals surface area contributed by atoms with Gasteiger partial charge in [0.2, 0.25) is 5.91 Å². The molecule has 0 saturated carbocycles. The summed E-state index contributed by atoms with van der Waals surface area (Å²) in [6, 6.07) is 5.54. The minimum absolute atomic E-state index is 0.0150. The lowest BCUT2D eigenvalue weighted by Crippen LogP contribution is -2.54. The van der Waals surface area contributed by atoms with Crippen molar-refractivity contribution in [2.24, 2.45) is 5.92 Å². The number of amides is 1. The number of aliphatic carboxylic acids is 1. The van der Waals surface area contributed by atoms with Crippen LogP contribution in [0.25, 0.3) is 0 Å². The summed E-state index contributed by atoms with van der Waals surface area (Å²) in [5.74, 6) is -1.92. The molecule has 1 saturated heterocycles. The third-order valence-electron chi connectivity index (χ3n) is 3.92. The number of morpholine rings is 1. The molecule has 6 heteroatoms. The Morgan fingerprint density at radius 1 is 1.45 bits per heavy atom. The van der Waals surface area contributed by atoms with Gasteiger partial charge >= 0.3 is 5.97 Å². The molecular formula is C16H20FNO4. The Bertz CT molecular complexity index is 549. The number of hydrogen-bond donors (Lipinski definition) is 1. The van der Waals surface area contributed by atoms with Crippen LogP contribution < -0.4 is 0 Å². The van der Waals surface area contributed by atoms with Crippen molar-refractivity contribution < 1.29 is 23.8 Å². The van der Waals surface area contributed by atoms with Crippen LogP contribution in [0.4, 0.5) is 4.39 Å². The molecule has 1 N–H and O–H groups in total. The van der Waals surface area contributed by atoms with Crippen molar-refractivity contribution in [1.82, 2.24) is 4.90 Å². The predicted octanol–water partition coefficient (Wildman–Crippen LogP) is 1.71. The number of carbonyl (C=O) groups is 2. The SMILES string of the molecule is C[C@H](CCc1ccccc1F)C(=O)N1CCOC[C@H]1C(=O)O. The fraction of sp³-hybridized carbons (Fsp3) is 0.500. The van der Waals surface area contributed by atoms with Crippen molar-refractivity contribution in [3.63, 3.8) is 0 Å². The van der Waals surface area contributed by atoms with E-state index in [1.54, 1.807) is 25.1 Å². The number of hydrogen-bond acceptors (Lipinski definition) is 3. The lowest BCUT2D eigenvalue weighted by Gasteiger charge is -2.34. The van der Waals surface area contributed by atoms with E-state index in [1.807, 2.05) is 0 Å². The van der Waals surface area contributed by atoms with Gasteiger partial charge in [-0.2, -0.15) is 0 Å². The van der Waals surface area contributed by atoms with Crippen LogP contribution in [0.2, 0.25) is 0 Å². The van der Waals surface area contributed by atoms with Gasteiger partial charge in [0, 0.05) is 12.5 Å². The molecular weight excluding hydrogens is 289 g/mol. The molecule has 0 unspecified atom stereocenters. The van der Waals surface area contributed by atoms with Gasteiger partial charge in [0.05, 0.1) is 13.2 Å². The number of ether oxygens (including phenoxy) is 1. The van der Waals surface area contributed by atoms with Gasteiger partial charge in [-0.25, -0.2) is 9.18 Å². The summed E-state index contributed by atoms with van der Waals surface area (Å²) < 4.78 is 18.7. The first-order chi connectivity index (χ1) is 10.5. The summed E-state index contributed by atoms with van der Waals surface area (Å²) in [5.41, 5.74) is 0.568. The maximum atomic E-state index is 13.6. The Kier molecular flexibility index (Phi) is 5.49. The fourth-order valence-corrected chi connectivity index (χ4v) is 2.55. The second kappa shape index (κ2) is 7.35. The first-order valence-corrected chi connectivity index (χ1v) is 7.35. The maximum Gasteiger partial charge on any atom is 0.328 e. The Balaban J connectivity index is 1.96. The fourth-order valence-electron chi connectivity index (χ4n) is 2.55. The van der Waals surface area contributed by atoms with Gasteiger partial charge in [-0.3, -0.25) is 4.79 Å². The monoisotopic (exact) mass is 309 g/mol. The van der Waals surface area contributed by atoms with Crippen molar-refractivity contribution in [3.8, 4) is 0 Å². The number of rotatable bonds is 5. The third-order valence-corrected chi connectivity index (χ3v) is 3.92. The number of halogens is 1. The average Bonchev–Trinajstić information content (AvgIpc) is 2.53. The molecule has 120 valence electrons. The van der Waals surface area contributed by atoms with Crippen molar-refractivity contribution in [2.45, 2.75) is 25.8 Å². The molecule has 1 aliphatic heterocycles. The highest BCUT2D eigenvalue weighted by Crippen LogP contribution is 2.18. The highest BCUT2D eigenvalue weighted by atomic mass is 19.1. The van der Waals surface area contributed by atoms with E-state index in [1.165, 1.54) is 11.0 Å². The Labute approximate surface area is 128 Å². The van der Waals surface area contributed by atoms with Crippen LogP contribution in [0, 0.1) is 11.7 Å². The molecule has 0 spiro atoms. The summed E-state index contributed by atoms with van der Waals surface area (Å²) in [6.07, 6.45) is 0.922. The smallest absolute Gasteiger partial charge is 0.328 e. The van der Waals surface area contributed by atoms with E-state index in [9.17, 15) is 14.0 Å². The second-order valence-electron chi connectivity index (χ2n) is 5.49. The topological polar surface area (TPSA) is 66.8 Å². The first kappa shape index (κ1) is 16.4. The largest absolute Gasteiger partial charge is 0.480 e. The number of nitrogens with zero attached hydrogens (tertiary/aromatic N) is 1. The van der Waals surface area contributed by atoms with Crippen LogP contribution in [0.5, 0.6) is 0 Å². The number of aryl methyl sites for hydroxylation is 1. The van der Waals surface area contributed by atoms with Gasteiger partial charge in [-0.1, -0.05) is 25.1 Å². The van der Waals surface area contributed by atoms with Gasteiger partial charge in [0.25, 0.3) is 0 Å². The summed E-state index contributed by atoms with van der Waals surface area (Å²) >= 11 is 0. The van der Waals surface area contributed by atoms with E-state index < -0.39 is 12.0 Å².